The summed E-state index contributed by atoms with van der Waals surface area (Å²) in [4.78, 5) is 0. The summed E-state index contributed by atoms with van der Waals surface area (Å²) in [5.41, 5.74) is 11.9. The lowest BCUT2D eigenvalue weighted by Crippen LogP contribution is -2.75. The van der Waals surface area contributed by atoms with Crippen LogP contribution in [0.25, 0.3) is 77.2 Å². The van der Waals surface area contributed by atoms with Gasteiger partial charge in [0.25, 0.3) is 0 Å². The monoisotopic (exact) mass is 818 g/mol. The van der Waals surface area contributed by atoms with Crippen molar-refractivity contribution in [2.75, 3.05) is 0 Å². The van der Waals surface area contributed by atoms with E-state index in [1.165, 1.54) is 81.1 Å². The second-order valence-electron chi connectivity index (χ2n) is 16.4. The molecule has 12 rings (SSSR count). The van der Waals surface area contributed by atoms with Gasteiger partial charge in [-0.2, -0.15) is 0 Å². The topological polar surface area (TPSA) is 9.86 Å². The Hall–Kier alpha value is -7.98. The van der Waals surface area contributed by atoms with Crippen LogP contribution in [0.15, 0.2) is 255 Å². The highest BCUT2D eigenvalue weighted by Crippen LogP contribution is 2.42. The predicted molar refractivity (Wildman–Crippen MR) is 270 cm³/mol. The molecule has 12 aromatic rings. The van der Waals surface area contributed by atoms with Crippen molar-refractivity contribution in [3.8, 4) is 33.6 Å². The van der Waals surface area contributed by atoms with E-state index in [2.05, 4.69) is 264 Å². The lowest BCUT2D eigenvalue weighted by atomic mass is 9.99. The average Bonchev–Trinajstić information content (AvgIpc) is 3.89. The molecule has 296 valence electrons. The Morgan fingerprint density at radius 3 is 1.44 bits per heavy atom. The first-order chi connectivity index (χ1) is 31.3. The van der Waals surface area contributed by atoms with Crippen LogP contribution in [-0.2, 0) is 0 Å². The van der Waals surface area contributed by atoms with Gasteiger partial charge in [-0.3, -0.25) is 0 Å². The van der Waals surface area contributed by atoms with E-state index >= 15 is 0 Å². The summed E-state index contributed by atoms with van der Waals surface area (Å²) < 4.78 is 5.08. The molecule has 0 aliphatic carbocycles. The minimum atomic E-state index is -2.95. The van der Waals surface area contributed by atoms with Crippen LogP contribution in [0.4, 0.5) is 0 Å². The smallest absolute Gasteiger partial charge is 0.181 e. The van der Waals surface area contributed by atoms with Gasteiger partial charge in [0, 0.05) is 32.8 Å². The standard InChI is InChI=1S/C60H42N2Si/c1-6-22-43(23-7-1)49-32-16-18-36-54(49)62-56-38-20-34-50(44-24-8-2-9-25-44)59(56)53-41-40-45(42-57(53)62)61-55-37-19-17-33-51(55)52-35-21-39-58(60(52)61)63(46-26-10-3-11-27-46,47-28-12-4-13-29-47)48-30-14-5-15-31-48/h1-42H. The minimum absolute atomic E-state index is 1.13. The van der Waals surface area contributed by atoms with Crippen molar-refractivity contribution in [3.63, 3.8) is 0 Å². The molecule has 0 atom stereocenters. The first-order valence-electron chi connectivity index (χ1n) is 21.8. The Morgan fingerprint density at radius 2 is 0.794 bits per heavy atom. The van der Waals surface area contributed by atoms with Gasteiger partial charge < -0.3 is 9.13 Å². The van der Waals surface area contributed by atoms with E-state index in [9.17, 15) is 0 Å². The highest BCUT2D eigenvalue weighted by molar-refractivity contribution is 7.20. The molecule has 0 bridgehead atoms. The zero-order valence-corrected chi connectivity index (χ0v) is 35.6. The molecule has 0 aliphatic heterocycles. The number of rotatable bonds is 8. The largest absolute Gasteiger partial charge is 0.309 e. The van der Waals surface area contributed by atoms with Crippen molar-refractivity contribution < 1.29 is 0 Å². The molecule has 63 heavy (non-hydrogen) atoms. The summed E-state index contributed by atoms with van der Waals surface area (Å²) in [5, 5.41) is 10.4. The van der Waals surface area contributed by atoms with Crippen molar-refractivity contribution in [3.05, 3.63) is 255 Å². The maximum absolute atomic E-state index is 2.95. The quantitative estimate of drug-likeness (QED) is 0.107. The lowest BCUT2D eigenvalue weighted by Gasteiger charge is -2.35. The molecule has 0 fully saturated rings. The van der Waals surface area contributed by atoms with Gasteiger partial charge in [-0.1, -0.05) is 224 Å². The van der Waals surface area contributed by atoms with Crippen LogP contribution in [-0.4, -0.2) is 17.2 Å². The van der Waals surface area contributed by atoms with Crippen LogP contribution in [0.2, 0.25) is 0 Å². The van der Waals surface area contributed by atoms with Crippen molar-refractivity contribution in [1.29, 1.82) is 0 Å². The van der Waals surface area contributed by atoms with Gasteiger partial charge in [-0.25, -0.2) is 0 Å². The van der Waals surface area contributed by atoms with Crippen LogP contribution >= 0.6 is 0 Å². The fourth-order valence-electron chi connectivity index (χ4n) is 10.5. The van der Waals surface area contributed by atoms with Crippen LogP contribution < -0.4 is 20.7 Å². The first kappa shape index (κ1) is 36.8. The predicted octanol–water partition coefficient (Wildman–Crippen LogP) is 12.6. The molecule has 0 unspecified atom stereocenters. The van der Waals surface area contributed by atoms with Crippen molar-refractivity contribution in [2.24, 2.45) is 0 Å². The summed E-state index contributed by atoms with van der Waals surface area (Å²) in [7, 11) is -2.95. The maximum Gasteiger partial charge on any atom is 0.181 e. The van der Waals surface area contributed by atoms with Gasteiger partial charge in [0.15, 0.2) is 8.07 Å². The maximum atomic E-state index is 2.57. The van der Waals surface area contributed by atoms with Gasteiger partial charge >= 0.3 is 0 Å². The number of para-hydroxylation sites is 3. The molecule has 0 saturated carbocycles. The summed E-state index contributed by atoms with van der Waals surface area (Å²) in [6.07, 6.45) is 0. The van der Waals surface area contributed by atoms with Crippen LogP contribution in [0.1, 0.15) is 0 Å². The number of benzene rings is 10. The average molecular weight is 819 g/mol. The van der Waals surface area contributed by atoms with Gasteiger partial charge in [-0.05, 0) is 67.8 Å². The SMILES string of the molecule is c1ccc(-c2ccccc2-n2c3cc(-n4c5ccccc5c5cccc([Si](c6ccccc6)(c6ccccc6)c6ccccc6)c54)ccc3c3c(-c4ccccc4)cccc32)cc1. The number of aromatic nitrogens is 2. The normalized spacial score (nSPS) is 11.8. The lowest BCUT2D eigenvalue weighted by molar-refractivity contribution is 1.16. The molecule has 0 aliphatic rings. The van der Waals surface area contributed by atoms with Crippen LogP contribution in [0.5, 0.6) is 0 Å². The minimum Gasteiger partial charge on any atom is -0.309 e. The highest BCUT2D eigenvalue weighted by Gasteiger charge is 2.43. The summed E-state index contributed by atoms with van der Waals surface area (Å²) >= 11 is 0. The van der Waals surface area contributed by atoms with Crippen LogP contribution in [0.3, 0.4) is 0 Å². The van der Waals surface area contributed by atoms with E-state index in [1.54, 1.807) is 0 Å². The van der Waals surface area contributed by atoms with Crippen molar-refractivity contribution in [2.45, 2.75) is 0 Å². The number of hydrogen-bond donors (Lipinski definition) is 0. The van der Waals surface area contributed by atoms with Gasteiger partial charge in [-0.15, -0.1) is 0 Å². The molecule has 0 spiro atoms. The Morgan fingerprint density at radius 1 is 0.302 bits per heavy atom. The molecule has 2 heterocycles. The highest BCUT2D eigenvalue weighted by atomic mass is 28.3. The summed E-state index contributed by atoms with van der Waals surface area (Å²) in [5.74, 6) is 0. The molecular weight excluding hydrogens is 777 g/mol. The summed E-state index contributed by atoms with van der Waals surface area (Å²) in [6.45, 7) is 0. The number of hydrogen-bond acceptors (Lipinski definition) is 0. The molecule has 0 saturated heterocycles. The fraction of sp³-hybridized carbons (Fsp3) is 0. The molecule has 10 aromatic carbocycles. The zero-order chi connectivity index (χ0) is 41.7. The van der Waals surface area contributed by atoms with Crippen molar-refractivity contribution >= 4 is 72.4 Å². The third-order valence-corrected chi connectivity index (χ3v) is 17.9. The zero-order valence-electron chi connectivity index (χ0n) is 34.6. The molecule has 3 heteroatoms. The van der Waals surface area contributed by atoms with E-state index in [-0.39, 0.29) is 0 Å². The first-order valence-corrected chi connectivity index (χ1v) is 23.8. The molecule has 2 aromatic heterocycles. The van der Waals surface area contributed by atoms with E-state index < -0.39 is 8.07 Å². The van der Waals surface area contributed by atoms with Gasteiger partial charge in [0.1, 0.15) is 0 Å². The van der Waals surface area contributed by atoms with Crippen LogP contribution in [0, 0.1) is 0 Å². The third-order valence-electron chi connectivity index (χ3n) is 13.1. The third kappa shape index (κ3) is 5.78. The van der Waals surface area contributed by atoms with Crippen molar-refractivity contribution in [1.82, 2.24) is 9.13 Å². The Labute approximate surface area is 368 Å². The Balaban J connectivity index is 1.23. The molecular formula is C60H42N2Si. The van der Waals surface area contributed by atoms with E-state index in [0.29, 0.717) is 0 Å². The molecule has 0 amide bonds. The molecule has 2 nitrogen and oxygen atoms in total. The van der Waals surface area contributed by atoms with E-state index in [1.807, 2.05) is 0 Å². The fourth-order valence-corrected chi connectivity index (χ4v) is 15.4. The van der Waals surface area contributed by atoms with Gasteiger partial charge in [0.05, 0.1) is 27.8 Å². The number of nitrogens with zero attached hydrogens (tertiary/aromatic N) is 2. The Kier molecular flexibility index (Phi) is 8.87. The van der Waals surface area contributed by atoms with E-state index in [4.69, 9.17) is 0 Å². The second kappa shape index (κ2) is 15.2. The Bertz CT molecular complexity index is 3500. The van der Waals surface area contributed by atoms with E-state index in [0.717, 1.165) is 16.9 Å². The summed E-state index contributed by atoms with van der Waals surface area (Å²) in [6, 6.07) is 94.3. The molecule has 0 radical (unpaired) electrons. The number of fused-ring (bicyclic) bond motifs is 6. The van der Waals surface area contributed by atoms with Gasteiger partial charge in [0.2, 0.25) is 0 Å². The molecule has 0 N–H and O–H groups in total. The second-order valence-corrected chi connectivity index (χ2v) is 20.2.